The maximum absolute atomic E-state index is 5.42. The van der Waals surface area contributed by atoms with Crippen molar-refractivity contribution >= 4 is 5.96 Å². The average molecular weight is 368 g/mol. The highest BCUT2D eigenvalue weighted by molar-refractivity contribution is 5.79. The molecule has 0 aliphatic rings. The van der Waals surface area contributed by atoms with Crippen molar-refractivity contribution in [2.45, 2.75) is 19.9 Å². The Hall–Kier alpha value is -3.29. The van der Waals surface area contributed by atoms with Crippen molar-refractivity contribution in [3.63, 3.8) is 0 Å². The highest BCUT2D eigenvalue weighted by atomic mass is 16.5. The van der Waals surface area contributed by atoms with Gasteiger partial charge in [0.25, 0.3) is 0 Å². The molecule has 0 radical (unpaired) electrons. The number of nitrogens with zero attached hydrogens (tertiary/aromatic N) is 3. The number of aromatic nitrogens is 3. The van der Waals surface area contributed by atoms with Crippen LogP contribution < -0.4 is 15.4 Å². The highest BCUT2D eigenvalue weighted by Crippen LogP contribution is 2.19. The first-order chi connectivity index (χ1) is 13.2. The number of benzene rings is 1. The summed E-state index contributed by atoms with van der Waals surface area (Å²) in [6.07, 6.45) is 2.43. The maximum atomic E-state index is 5.42. The van der Waals surface area contributed by atoms with Gasteiger partial charge in [-0.2, -0.15) is 0 Å². The Bertz CT molecular complexity index is 886. The number of aryl methyl sites for hydroxylation is 1. The van der Waals surface area contributed by atoms with Gasteiger partial charge in [-0.05, 0) is 37.1 Å². The number of methoxy groups -OCH3 is 1. The van der Waals surface area contributed by atoms with Gasteiger partial charge in [-0.1, -0.05) is 17.7 Å². The molecule has 8 heteroatoms. The SMILES string of the molecule is CN=C(NCCc1cc(C)ccc1OC)NCc1nc(-c2ccco2)n[nH]1. The van der Waals surface area contributed by atoms with Gasteiger partial charge in [0.1, 0.15) is 11.6 Å². The van der Waals surface area contributed by atoms with Crippen LogP contribution in [0.5, 0.6) is 5.75 Å². The number of guanidine groups is 1. The van der Waals surface area contributed by atoms with Crippen molar-refractivity contribution < 1.29 is 9.15 Å². The van der Waals surface area contributed by atoms with Crippen molar-refractivity contribution in [3.8, 4) is 17.3 Å². The number of furan rings is 1. The molecule has 0 aliphatic heterocycles. The van der Waals surface area contributed by atoms with E-state index in [0.29, 0.717) is 29.9 Å². The highest BCUT2D eigenvalue weighted by Gasteiger charge is 2.09. The first-order valence-corrected chi connectivity index (χ1v) is 8.73. The molecule has 0 saturated carbocycles. The van der Waals surface area contributed by atoms with Gasteiger partial charge in [0, 0.05) is 13.6 Å². The number of ether oxygens (including phenoxy) is 1. The zero-order valence-corrected chi connectivity index (χ0v) is 15.7. The molecule has 3 aromatic rings. The number of hydrogen-bond acceptors (Lipinski definition) is 5. The van der Waals surface area contributed by atoms with Crippen LogP contribution >= 0.6 is 0 Å². The van der Waals surface area contributed by atoms with E-state index < -0.39 is 0 Å². The third-order valence-corrected chi connectivity index (χ3v) is 4.04. The summed E-state index contributed by atoms with van der Waals surface area (Å²) in [6.45, 7) is 3.28. The van der Waals surface area contributed by atoms with E-state index in [-0.39, 0.29) is 0 Å². The van der Waals surface area contributed by atoms with E-state index in [9.17, 15) is 0 Å². The standard InChI is InChI=1S/C19H24N6O2/c1-13-6-7-15(26-3)14(11-13)8-9-21-19(20-2)22-12-17-23-18(25-24-17)16-5-4-10-27-16/h4-7,10-11H,8-9,12H2,1-3H3,(H2,20,21,22)(H,23,24,25). The van der Waals surface area contributed by atoms with Crippen LogP contribution in [-0.4, -0.2) is 41.8 Å². The molecular formula is C19H24N6O2. The molecule has 0 saturated heterocycles. The van der Waals surface area contributed by atoms with Gasteiger partial charge < -0.3 is 19.8 Å². The van der Waals surface area contributed by atoms with E-state index in [0.717, 1.165) is 18.7 Å². The Morgan fingerprint density at radius 1 is 1.30 bits per heavy atom. The van der Waals surface area contributed by atoms with E-state index in [4.69, 9.17) is 9.15 Å². The molecule has 8 nitrogen and oxygen atoms in total. The van der Waals surface area contributed by atoms with Gasteiger partial charge >= 0.3 is 0 Å². The van der Waals surface area contributed by atoms with Crippen LogP contribution in [0.2, 0.25) is 0 Å². The number of aromatic amines is 1. The van der Waals surface area contributed by atoms with Gasteiger partial charge in [0.05, 0.1) is 19.9 Å². The monoisotopic (exact) mass is 368 g/mol. The van der Waals surface area contributed by atoms with Crippen LogP contribution in [0.25, 0.3) is 11.6 Å². The fourth-order valence-electron chi connectivity index (χ4n) is 2.70. The van der Waals surface area contributed by atoms with Gasteiger partial charge in [-0.25, -0.2) is 4.98 Å². The van der Waals surface area contributed by atoms with Crippen LogP contribution in [0.1, 0.15) is 17.0 Å². The van der Waals surface area contributed by atoms with Gasteiger partial charge in [-0.15, -0.1) is 5.10 Å². The largest absolute Gasteiger partial charge is 0.496 e. The summed E-state index contributed by atoms with van der Waals surface area (Å²) >= 11 is 0. The first kappa shape index (κ1) is 18.5. The summed E-state index contributed by atoms with van der Waals surface area (Å²) in [4.78, 5) is 8.63. The second-order valence-corrected chi connectivity index (χ2v) is 6.00. The summed E-state index contributed by atoms with van der Waals surface area (Å²) in [5, 5.41) is 13.6. The second kappa shape index (κ2) is 8.88. The average Bonchev–Trinajstić information content (AvgIpc) is 3.36. The molecule has 0 bridgehead atoms. The summed E-state index contributed by atoms with van der Waals surface area (Å²) in [7, 11) is 3.42. The lowest BCUT2D eigenvalue weighted by atomic mass is 10.1. The van der Waals surface area contributed by atoms with Crippen molar-refractivity contribution in [3.05, 3.63) is 53.5 Å². The molecule has 0 spiro atoms. The molecule has 0 amide bonds. The topological polar surface area (TPSA) is 100 Å². The Balaban J connectivity index is 1.49. The molecule has 142 valence electrons. The Labute approximate surface area is 158 Å². The van der Waals surface area contributed by atoms with E-state index in [1.54, 1.807) is 26.5 Å². The quantitative estimate of drug-likeness (QED) is 0.437. The lowest BCUT2D eigenvalue weighted by Gasteiger charge is -2.13. The van der Waals surface area contributed by atoms with Crippen molar-refractivity contribution in [1.29, 1.82) is 0 Å². The summed E-state index contributed by atoms with van der Waals surface area (Å²) < 4.78 is 10.7. The molecule has 0 fully saturated rings. The molecule has 0 atom stereocenters. The minimum Gasteiger partial charge on any atom is -0.496 e. The third kappa shape index (κ3) is 4.87. The predicted molar refractivity (Wildman–Crippen MR) is 104 cm³/mol. The Morgan fingerprint density at radius 2 is 2.19 bits per heavy atom. The van der Waals surface area contributed by atoms with Gasteiger partial charge in [0.15, 0.2) is 11.7 Å². The normalized spacial score (nSPS) is 11.4. The van der Waals surface area contributed by atoms with Crippen LogP contribution in [0, 0.1) is 6.92 Å². The molecular weight excluding hydrogens is 344 g/mol. The maximum Gasteiger partial charge on any atom is 0.216 e. The van der Waals surface area contributed by atoms with Crippen molar-refractivity contribution in [2.75, 3.05) is 20.7 Å². The summed E-state index contributed by atoms with van der Waals surface area (Å²) in [5.41, 5.74) is 2.38. The second-order valence-electron chi connectivity index (χ2n) is 6.00. The van der Waals surface area contributed by atoms with Crippen LogP contribution in [0.15, 0.2) is 46.0 Å². The zero-order valence-electron chi connectivity index (χ0n) is 15.7. The smallest absolute Gasteiger partial charge is 0.216 e. The lowest BCUT2D eigenvalue weighted by molar-refractivity contribution is 0.409. The Kier molecular flexibility index (Phi) is 6.09. The van der Waals surface area contributed by atoms with Gasteiger partial charge in [0.2, 0.25) is 5.82 Å². The number of H-pyrrole nitrogens is 1. The number of aliphatic imine (C=N–C) groups is 1. The molecule has 27 heavy (non-hydrogen) atoms. The van der Waals surface area contributed by atoms with E-state index in [1.165, 1.54) is 11.1 Å². The predicted octanol–water partition coefficient (Wildman–Crippen LogP) is 2.29. The van der Waals surface area contributed by atoms with E-state index >= 15 is 0 Å². The zero-order chi connectivity index (χ0) is 19.1. The summed E-state index contributed by atoms with van der Waals surface area (Å²) in [6, 6.07) is 9.81. The molecule has 0 aliphatic carbocycles. The van der Waals surface area contributed by atoms with Crippen molar-refractivity contribution in [1.82, 2.24) is 25.8 Å². The molecule has 3 N–H and O–H groups in total. The molecule has 3 rings (SSSR count). The number of nitrogens with one attached hydrogen (secondary N) is 3. The fraction of sp³-hybridized carbons (Fsp3) is 0.316. The van der Waals surface area contributed by atoms with Crippen LogP contribution in [0.3, 0.4) is 0 Å². The molecule has 2 heterocycles. The first-order valence-electron chi connectivity index (χ1n) is 8.73. The van der Waals surface area contributed by atoms with E-state index in [1.807, 2.05) is 18.2 Å². The fourth-order valence-corrected chi connectivity index (χ4v) is 2.70. The lowest BCUT2D eigenvalue weighted by Crippen LogP contribution is -2.38. The number of hydrogen-bond donors (Lipinski definition) is 3. The van der Waals surface area contributed by atoms with Crippen LogP contribution in [0.4, 0.5) is 0 Å². The number of rotatable bonds is 7. The Morgan fingerprint density at radius 3 is 2.93 bits per heavy atom. The minimum atomic E-state index is 0.473. The molecule has 0 unspecified atom stereocenters. The van der Waals surface area contributed by atoms with Crippen molar-refractivity contribution in [2.24, 2.45) is 4.99 Å². The molecule has 2 aromatic heterocycles. The van der Waals surface area contributed by atoms with Crippen LogP contribution in [-0.2, 0) is 13.0 Å². The van der Waals surface area contributed by atoms with Gasteiger partial charge in [-0.3, -0.25) is 10.1 Å². The third-order valence-electron chi connectivity index (χ3n) is 4.04. The van der Waals surface area contributed by atoms with E-state index in [2.05, 4.69) is 43.8 Å². The summed E-state index contributed by atoms with van der Waals surface area (Å²) in [5.74, 6) is 3.46. The molecule has 1 aromatic carbocycles. The minimum absolute atomic E-state index is 0.473.